The predicted molar refractivity (Wildman–Crippen MR) is 97.8 cm³/mol. The summed E-state index contributed by atoms with van der Waals surface area (Å²) in [7, 11) is -3.80. The molecule has 0 aliphatic carbocycles. The first kappa shape index (κ1) is 17.3. The van der Waals surface area contributed by atoms with E-state index in [9.17, 15) is 4.57 Å². The van der Waals surface area contributed by atoms with E-state index in [0.717, 1.165) is 5.56 Å². The Morgan fingerprint density at radius 1 is 0.640 bits per heavy atom. The third-order valence-corrected chi connectivity index (χ3v) is 4.77. The molecule has 0 aliphatic heterocycles. The fourth-order valence-electron chi connectivity index (χ4n) is 2.21. The number of rotatable bonds is 8. The second kappa shape index (κ2) is 8.52. The van der Waals surface area contributed by atoms with Gasteiger partial charge in [0.05, 0.1) is 6.61 Å². The van der Waals surface area contributed by atoms with Crippen molar-refractivity contribution in [2.24, 2.45) is 0 Å². The van der Waals surface area contributed by atoms with Crippen LogP contribution in [0.25, 0.3) is 0 Å². The van der Waals surface area contributed by atoms with Gasteiger partial charge >= 0.3 is 7.82 Å². The summed E-state index contributed by atoms with van der Waals surface area (Å²) in [5.74, 6) is 0.864. The van der Waals surface area contributed by atoms with Crippen molar-refractivity contribution in [3.05, 3.63) is 96.6 Å². The standard InChI is InChI=1S/C20H19O4P/c21-25(23-19-12-6-2-7-13-19,24-20-14-8-3-9-15-20)22-17-16-18-10-4-1-5-11-18/h1-15H,16-17H2. The van der Waals surface area contributed by atoms with Crippen molar-refractivity contribution < 1.29 is 18.1 Å². The second-order valence-corrected chi connectivity index (χ2v) is 6.84. The number of hydrogen-bond donors (Lipinski definition) is 0. The zero-order valence-electron chi connectivity index (χ0n) is 13.7. The third-order valence-electron chi connectivity index (χ3n) is 3.40. The first-order chi connectivity index (χ1) is 12.2. The molecule has 128 valence electrons. The van der Waals surface area contributed by atoms with E-state index in [1.807, 2.05) is 42.5 Å². The first-order valence-corrected chi connectivity index (χ1v) is 9.47. The van der Waals surface area contributed by atoms with Gasteiger partial charge in [-0.1, -0.05) is 66.7 Å². The summed E-state index contributed by atoms with van der Waals surface area (Å²) in [6.45, 7) is 0.223. The highest BCUT2D eigenvalue weighted by Crippen LogP contribution is 2.49. The fourth-order valence-corrected chi connectivity index (χ4v) is 3.43. The lowest BCUT2D eigenvalue weighted by atomic mass is 10.2. The van der Waals surface area contributed by atoms with Crippen LogP contribution in [-0.2, 0) is 15.5 Å². The summed E-state index contributed by atoms with van der Waals surface area (Å²) in [6.07, 6.45) is 0.612. The SMILES string of the molecule is O=P(OCCc1ccccc1)(Oc1ccccc1)Oc1ccccc1. The molecule has 0 saturated heterocycles. The molecule has 3 rings (SSSR count). The zero-order valence-corrected chi connectivity index (χ0v) is 14.5. The van der Waals surface area contributed by atoms with Gasteiger partial charge in [-0.3, -0.25) is 4.52 Å². The van der Waals surface area contributed by atoms with Crippen LogP contribution in [0.4, 0.5) is 0 Å². The molecule has 0 saturated carbocycles. The van der Waals surface area contributed by atoms with Crippen LogP contribution in [0, 0.1) is 0 Å². The monoisotopic (exact) mass is 354 g/mol. The Hall–Kier alpha value is -2.55. The molecule has 3 aromatic carbocycles. The van der Waals surface area contributed by atoms with Crippen LogP contribution in [0.2, 0.25) is 0 Å². The van der Waals surface area contributed by atoms with Crippen molar-refractivity contribution in [1.82, 2.24) is 0 Å². The summed E-state index contributed by atoms with van der Waals surface area (Å²) in [4.78, 5) is 0. The van der Waals surface area contributed by atoms with Crippen molar-refractivity contribution in [2.45, 2.75) is 6.42 Å². The maximum absolute atomic E-state index is 13.1. The quantitative estimate of drug-likeness (QED) is 0.500. The van der Waals surface area contributed by atoms with E-state index >= 15 is 0 Å². The number of para-hydroxylation sites is 2. The minimum atomic E-state index is -3.80. The minimum absolute atomic E-state index is 0.223. The molecule has 3 aromatic rings. The Kier molecular flexibility index (Phi) is 5.89. The van der Waals surface area contributed by atoms with Gasteiger partial charge in [-0.15, -0.1) is 0 Å². The molecule has 0 fully saturated rings. The molecule has 0 bridgehead atoms. The lowest BCUT2D eigenvalue weighted by molar-refractivity contribution is 0.212. The summed E-state index contributed by atoms with van der Waals surface area (Å²) in [5, 5.41) is 0. The molecule has 0 heterocycles. The van der Waals surface area contributed by atoms with Gasteiger partial charge in [-0.05, 0) is 36.2 Å². The zero-order chi connectivity index (χ0) is 17.4. The summed E-state index contributed by atoms with van der Waals surface area (Å²) in [5.41, 5.74) is 1.09. The van der Waals surface area contributed by atoms with Crippen LogP contribution in [0.3, 0.4) is 0 Å². The molecule has 0 atom stereocenters. The Bertz CT molecular complexity index is 761. The second-order valence-electron chi connectivity index (χ2n) is 5.32. The largest absolute Gasteiger partial charge is 0.587 e. The van der Waals surface area contributed by atoms with E-state index in [2.05, 4.69) is 0 Å². The number of benzene rings is 3. The summed E-state index contributed by atoms with van der Waals surface area (Å²) >= 11 is 0. The lowest BCUT2D eigenvalue weighted by Crippen LogP contribution is -2.07. The molecule has 4 nitrogen and oxygen atoms in total. The van der Waals surface area contributed by atoms with E-state index in [0.29, 0.717) is 17.9 Å². The van der Waals surface area contributed by atoms with Gasteiger partial charge in [0.2, 0.25) is 0 Å². The average Bonchev–Trinajstić information content (AvgIpc) is 2.64. The van der Waals surface area contributed by atoms with Crippen LogP contribution in [0.1, 0.15) is 5.56 Å². The van der Waals surface area contributed by atoms with E-state index in [1.165, 1.54) is 0 Å². The van der Waals surface area contributed by atoms with Crippen molar-refractivity contribution in [1.29, 1.82) is 0 Å². The van der Waals surface area contributed by atoms with Crippen LogP contribution < -0.4 is 9.05 Å². The molecule has 0 spiro atoms. The molecule has 0 aliphatic rings. The van der Waals surface area contributed by atoms with Crippen molar-refractivity contribution in [3.8, 4) is 11.5 Å². The van der Waals surface area contributed by atoms with Crippen LogP contribution >= 0.6 is 7.82 Å². The number of hydrogen-bond acceptors (Lipinski definition) is 4. The molecular weight excluding hydrogens is 335 g/mol. The highest BCUT2D eigenvalue weighted by atomic mass is 31.2. The molecule has 0 amide bonds. The first-order valence-electron chi connectivity index (χ1n) is 8.01. The molecule has 0 radical (unpaired) electrons. The summed E-state index contributed by atoms with van der Waals surface area (Å²) < 4.78 is 29.7. The smallest absolute Gasteiger partial charge is 0.395 e. The van der Waals surface area contributed by atoms with Crippen molar-refractivity contribution in [3.63, 3.8) is 0 Å². The predicted octanol–water partition coefficient (Wildman–Crippen LogP) is 5.51. The third kappa shape index (κ3) is 5.49. The van der Waals surface area contributed by atoms with E-state index in [1.54, 1.807) is 48.5 Å². The molecule has 25 heavy (non-hydrogen) atoms. The van der Waals surface area contributed by atoms with E-state index in [-0.39, 0.29) is 6.61 Å². The molecule has 5 heteroatoms. The molecule has 0 unspecified atom stereocenters. The average molecular weight is 354 g/mol. The maximum Gasteiger partial charge on any atom is 0.587 e. The van der Waals surface area contributed by atoms with Crippen molar-refractivity contribution in [2.75, 3.05) is 6.61 Å². The van der Waals surface area contributed by atoms with Crippen molar-refractivity contribution >= 4 is 7.82 Å². The lowest BCUT2D eigenvalue weighted by Gasteiger charge is -2.19. The van der Waals surface area contributed by atoms with Crippen LogP contribution in [-0.4, -0.2) is 6.61 Å². The van der Waals surface area contributed by atoms with Crippen LogP contribution in [0.15, 0.2) is 91.0 Å². The van der Waals surface area contributed by atoms with Gasteiger partial charge in [-0.2, -0.15) is 0 Å². The summed E-state index contributed by atoms with van der Waals surface area (Å²) in [6, 6.07) is 27.6. The molecule has 0 aromatic heterocycles. The molecular formula is C20H19O4P. The topological polar surface area (TPSA) is 44.8 Å². The minimum Gasteiger partial charge on any atom is -0.395 e. The van der Waals surface area contributed by atoms with Gasteiger partial charge in [-0.25, -0.2) is 4.57 Å². The van der Waals surface area contributed by atoms with Gasteiger partial charge in [0.1, 0.15) is 11.5 Å². The van der Waals surface area contributed by atoms with Gasteiger partial charge in [0.25, 0.3) is 0 Å². The van der Waals surface area contributed by atoms with Gasteiger partial charge in [0, 0.05) is 0 Å². The number of phosphoric ester groups is 1. The Morgan fingerprint density at radius 2 is 1.08 bits per heavy atom. The van der Waals surface area contributed by atoms with Gasteiger partial charge < -0.3 is 9.05 Å². The maximum atomic E-state index is 13.1. The van der Waals surface area contributed by atoms with Crippen LogP contribution in [0.5, 0.6) is 11.5 Å². The Labute approximate surface area is 147 Å². The Balaban J connectivity index is 1.70. The molecule has 0 N–H and O–H groups in total. The highest BCUT2D eigenvalue weighted by Gasteiger charge is 2.30. The highest BCUT2D eigenvalue weighted by molar-refractivity contribution is 7.49. The number of phosphoric acid groups is 1. The van der Waals surface area contributed by atoms with E-state index < -0.39 is 7.82 Å². The normalized spacial score (nSPS) is 11.0. The fraction of sp³-hybridized carbons (Fsp3) is 0.100. The van der Waals surface area contributed by atoms with E-state index in [4.69, 9.17) is 13.6 Å². The van der Waals surface area contributed by atoms with Gasteiger partial charge in [0.15, 0.2) is 0 Å². The Morgan fingerprint density at radius 3 is 1.56 bits per heavy atom.